The molecule has 3 amide bonds. The number of hydrogen-bond donors (Lipinski definition) is 3. The predicted octanol–water partition coefficient (Wildman–Crippen LogP) is 3.24. The summed E-state index contributed by atoms with van der Waals surface area (Å²) < 4.78 is 0. The van der Waals surface area contributed by atoms with Gasteiger partial charge in [0.1, 0.15) is 5.69 Å². The van der Waals surface area contributed by atoms with Crippen LogP contribution in [0.2, 0.25) is 0 Å². The molecule has 0 bridgehead atoms. The zero-order valence-corrected chi connectivity index (χ0v) is 13.2. The SMILES string of the molecule is CN(C)C(=O)Nc1cccc(NC(=O)c2[nH]ccc2C2CC2)c1. The van der Waals surface area contributed by atoms with E-state index < -0.39 is 0 Å². The molecule has 6 nitrogen and oxygen atoms in total. The average Bonchev–Trinajstić information content (AvgIpc) is 3.24. The summed E-state index contributed by atoms with van der Waals surface area (Å²) >= 11 is 0. The van der Waals surface area contributed by atoms with Crippen molar-refractivity contribution in [2.75, 3.05) is 24.7 Å². The second-order valence-corrected chi connectivity index (χ2v) is 5.94. The maximum Gasteiger partial charge on any atom is 0.321 e. The van der Waals surface area contributed by atoms with E-state index in [0.29, 0.717) is 23.0 Å². The fourth-order valence-electron chi connectivity index (χ4n) is 2.42. The highest BCUT2D eigenvalue weighted by Gasteiger charge is 2.28. The maximum absolute atomic E-state index is 12.4. The van der Waals surface area contributed by atoms with Crippen LogP contribution in [0.5, 0.6) is 0 Å². The maximum atomic E-state index is 12.4. The zero-order valence-electron chi connectivity index (χ0n) is 13.2. The van der Waals surface area contributed by atoms with Gasteiger partial charge in [0.05, 0.1) is 0 Å². The van der Waals surface area contributed by atoms with Gasteiger partial charge in [-0.3, -0.25) is 4.79 Å². The van der Waals surface area contributed by atoms with E-state index in [4.69, 9.17) is 0 Å². The summed E-state index contributed by atoms with van der Waals surface area (Å²) in [4.78, 5) is 28.6. The molecule has 3 N–H and O–H groups in total. The minimum Gasteiger partial charge on any atom is -0.357 e. The molecule has 1 heterocycles. The second-order valence-electron chi connectivity index (χ2n) is 5.94. The number of benzene rings is 1. The first-order valence-corrected chi connectivity index (χ1v) is 7.61. The highest BCUT2D eigenvalue weighted by Crippen LogP contribution is 2.41. The molecule has 1 aliphatic rings. The number of aromatic amines is 1. The van der Waals surface area contributed by atoms with Crippen LogP contribution < -0.4 is 10.6 Å². The van der Waals surface area contributed by atoms with E-state index in [0.717, 1.165) is 18.4 Å². The summed E-state index contributed by atoms with van der Waals surface area (Å²) in [6.45, 7) is 0. The van der Waals surface area contributed by atoms with E-state index in [1.807, 2.05) is 6.07 Å². The van der Waals surface area contributed by atoms with Crippen LogP contribution in [0.4, 0.5) is 16.2 Å². The van der Waals surface area contributed by atoms with Crippen LogP contribution in [-0.2, 0) is 0 Å². The van der Waals surface area contributed by atoms with Gasteiger partial charge in [-0.1, -0.05) is 6.07 Å². The van der Waals surface area contributed by atoms with Crippen molar-refractivity contribution in [1.29, 1.82) is 0 Å². The molecule has 2 aromatic rings. The molecule has 1 saturated carbocycles. The Hall–Kier alpha value is -2.76. The molecule has 3 rings (SSSR count). The standard InChI is InChI=1S/C17H20N4O2/c1-21(2)17(23)20-13-5-3-4-12(10-13)19-16(22)15-14(8-9-18-15)11-6-7-11/h3-5,8-11,18H,6-7H2,1-2H3,(H,19,22)(H,20,23). The lowest BCUT2D eigenvalue weighted by Gasteiger charge is -2.13. The Labute approximate surface area is 134 Å². The molecule has 120 valence electrons. The van der Waals surface area contributed by atoms with Crippen molar-refractivity contribution >= 4 is 23.3 Å². The molecule has 0 spiro atoms. The lowest BCUT2D eigenvalue weighted by atomic mass is 10.1. The van der Waals surface area contributed by atoms with E-state index in [-0.39, 0.29) is 11.9 Å². The number of carbonyl (C=O) groups is 2. The molecular formula is C17H20N4O2. The van der Waals surface area contributed by atoms with Crippen molar-refractivity contribution in [1.82, 2.24) is 9.88 Å². The number of carbonyl (C=O) groups excluding carboxylic acids is 2. The van der Waals surface area contributed by atoms with Crippen LogP contribution >= 0.6 is 0 Å². The average molecular weight is 312 g/mol. The molecule has 23 heavy (non-hydrogen) atoms. The first-order valence-electron chi connectivity index (χ1n) is 7.61. The molecule has 0 unspecified atom stereocenters. The minimum absolute atomic E-state index is 0.159. The first kappa shape index (κ1) is 15.1. The van der Waals surface area contributed by atoms with Crippen LogP contribution in [0.25, 0.3) is 0 Å². The number of rotatable bonds is 4. The van der Waals surface area contributed by atoms with Crippen molar-refractivity contribution < 1.29 is 9.59 Å². The van der Waals surface area contributed by atoms with Gasteiger partial charge >= 0.3 is 6.03 Å². The van der Waals surface area contributed by atoms with E-state index in [1.54, 1.807) is 44.6 Å². The van der Waals surface area contributed by atoms with Crippen molar-refractivity contribution in [2.45, 2.75) is 18.8 Å². The fourth-order valence-corrected chi connectivity index (χ4v) is 2.42. The lowest BCUT2D eigenvalue weighted by Crippen LogP contribution is -2.27. The van der Waals surface area contributed by atoms with Gasteiger partial charge in [0, 0.05) is 31.7 Å². The quantitative estimate of drug-likeness (QED) is 0.810. The molecule has 0 saturated heterocycles. The van der Waals surface area contributed by atoms with E-state index >= 15 is 0 Å². The third kappa shape index (κ3) is 3.53. The summed E-state index contributed by atoms with van der Waals surface area (Å²) in [6, 6.07) is 8.86. The third-order valence-corrected chi connectivity index (χ3v) is 3.80. The largest absolute Gasteiger partial charge is 0.357 e. The second kappa shape index (κ2) is 6.16. The van der Waals surface area contributed by atoms with Gasteiger partial charge in [0.15, 0.2) is 0 Å². The first-order chi connectivity index (χ1) is 11.0. The zero-order chi connectivity index (χ0) is 16.4. The van der Waals surface area contributed by atoms with Crippen LogP contribution in [0, 0.1) is 0 Å². The normalized spacial score (nSPS) is 13.5. The molecule has 0 radical (unpaired) electrons. The number of nitrogens with one attached hydrogen (secondary N) is 3. The Morgan fingerprint density at radius 3 is 2.48 bits per heavy atom. The molecule has 1 fully saturated rings. The molecule has 0 aliphatic heterocycles. The smallest absolute Gasteiger partial charge is 0.321 e. The number of aromatic nitrogens is 1. The van der Waals surface area contributed by atoms with Crippen LogP contribution in [0.15, 0.2) is 36.5 Å². The summed E-state index contributed by atoms with van der Waals surface area (Å²) in [5, 5.41) is 5.63. The lowest BCUT2D eigenvalue weighted by molar-refractivity contribution is 0.102. The highest BCUT2D eigenvalue weighted by molar-refractivity contribution is 6.04. The number of amides is 3. The Bertz CT molecular complexity index is 732. The van der Waals surface area contributed by atoms with Crippen LogP contribution in [-0.4, -0.2) is 35.9 Å². The third-order valence-electron chi connectivity index (χ3n) is 3.80. The Balaban J connectivity index is 1.71. The van der Waals surface area contributed by atoms with Gasteiger partial charge in [-0.05, 0) is 48.6 Å². The molecule has 6 heteroatoms. The molecule has 1 aromatic heterocycles. The van der Waals surface area contributed by atoms with Gasteiger partial charge in [-0.2, -0.15) is 0 Å². The number of nitrogens with zero attached hydrogens (tertiary/aromatic N) is 1. The monoisotopic (exact) mass is 312 g/mol. The molecular weight excluding hydrogens is 292 g/mol. The Kier molecular flexibility index (Phi) is 4.06. The van der Waals surface area contributed by atoms with E-state index in [2.05, 4.69) is 15.6 Å². The topological polar surface area (TPSA) is 77.2 Å². The van der Waals surface area contributed by atoms with Crippen molar-refractivity contribution in [3.8, 4) is 0 Å². The summed E-state index contributed by atoms with van der Waals surface area (Å²) in [7, 11) is 3.34. The van der Waals surface area contributed by atoms with Gasteiger partial charge in [0.2, 0.25) is 0 Å². The summed E-state index contributed by atoms with van der Waals surface area (Å²) in [5.74, 6) is 0.348. The minimum atomic E-state index is -0.214. The van der Waals surface area contributed by atoms with Crippen molar-refractivity contribution in [3.63, 3.8) is 0 Å². The number of urea groups is 1. The Morgan fingerprint density at radius 2 is 1.83 bits per heavy atom. The predicted molar refractivity (Wildman–Crippen MR) is 89.9 cm³/mol. The van der Waals surface area contributed by atoms with Crippen LogP contribution in [0.3, 0.4) is 0 Å². The Morgan fingerprint density at radius 1 is 1.13 bits per heavy atom. The van der Waals surface area contributed by atoms with Crippen molar-refractivity contribution in [3.05, 3.63) is 47.8 Å². The van der Waals surface area contributed by atoms with Gasteiger partial charge in [-0.15, -0.1) is 0 Å². The van der Waals surface area contributed by atoms with Gasteiger partial charge in [0.25, 0.3) is 5.91 Å². The van der Waals surface area contributed by atoms with E-state index in [9.17, 15) is 9.59 Å². The fraction of sp³-hybridized carbons (Fsp3) is 0.294. The molecule has 0 atom stereocenters. The number of hydrogen-bond acceptors (Lipinski definition) is 2. The van der Waals surface area contributed by atoms with Gasteiger partial charge in [-0.25, -0.2) is 4.79 Å². The molecule has 1 aromatic carbocycles. The number of anilines is 2. The summed E-state index contributed by atoms with van der Waals surface area (Å²) in [6.07, 6.45) is 4.09. The number of H-pyrrole nitrogens is 1. The summed E-state index contributed by atoms with van der Waals surface area (Å²) in [5.41, 5.74) is 2.98. The van der Waals surface area contributed by atoms with E-state index in [1.165, 1.54) is 4.90 Å². The van der Waals surface area contributed by atoms with Crippen LogP contribution in [0.1, 0.15) is 34.8 Å². The van der Waals surface area contributed by atoms with Gasteiger partial charge < -0.3 is 20.5 Å². The molecule has 1 aliphatic carbocycles. The highest BCUT2D eigenvalue weighted by atomic mass is 16.2. The van der Waals surface area contributed by atoms with Crippen molar-refractivity contribution in [2.24, 2.45) is 0 Å².